The van der Waals surface area contributed by atoms with E-state index in [1.807, 2.05) is 18.7 Å². The maximum Gasteiger partial charge on any atom is 0.137 e. The Bertz CT molecular complexity index is 388. The van der Waals surface area contributed by atoms with Gasteiger partial charge in [0.1, 0.15) is 17.5 Å². The standard InChI is InChI=1S/C12H20N4S/c1-4-13-11-9(2)12(15-10(3)14-11)16-5-7-17-8-6-16/h4-8H2,1-3H3,(H,13,14,15). The predicted octanol–water partition coefficient (Wildman–Crippen LogP) is 2.08. The van der Waals surface area contributed by atoms with Crippen LogP contribution in [0.25, 0.3) is 0 Å². The first-order valence-electron chi connectivity index (χ1n) is 6.14. The van der Waals surface area contributed by atoms with E-state index in [0.29, 0.717) is 0 Å². The van der Waals surface area contributed by atoms with Crippen molar-refractivity contribution in [1.82, 2.24) is 9.97 Å². The van der Waals surface area contributed by atoms with Crippen LogP contribution in [0.15, 0.2) is 0 Å². The zero-order valence-electron chi connectivity index (χ0n) is 10.8. The number of rotatable bonds is 3. The summed E-state index contributed by atoms with van der Waals surface area (Å²) in [7, 11) is 0. The largest absolute Gasteiger partial charge is 0.370 e. The molecule has 1 aromatic rings. The fraction of sp³-hybridized carbons (Fsp3) is 0.667. The van der Waals surface area contributed by atoms with Gasteiger partial charge in [-0.3, -0.25) is 0 Å². The van der Waals surface area contributed by atoms with Crippen LogP contribution < -0.4 is 10.2 Å². The third-order valence-electron chi connectivity index (χ3n) is 2.89. The second-order valence-corrected chi connectivity index (χ2v) is 5.42. The zero-order valence-corrected chi connectivity index (χ0v) is 11.6. The Hall–Kier alpha value is -0.970. The molecule has 0 aliphatic carbocycles. The molecule has 1 saturated heterocycles. The van der Waals surface area contributed by atoms with Crippen molar-refractivity contribution < 1.29 is 0 Å². The second kappa shape index (κ2) is 5.58. The van der Waals surface area contributed by atoms with Gasteiger partial charge in [0.25, 0.3) is 0 Å². The average Bonchev–Trinajstić information content (AvgIpc) is 2.35. The first kappa shape index (κ1) is 12.5. The van der Waals surface area contributed by atoms with Crippen LogP contribution >= 0.6 is 11.8 Å². The highest BCUT2D eigenvalue weighted by molar-refractivity contribution is 7.99. The molecule has 0 radical (unpaired) electrons. The fourth-order valence-corrected chi connectivity index (χ4v) is 2.94. The van der Waals surface area contributed by atoms with Crippen LogP contribution in [0.4, 0.5) is 11.6 Å². The van der Waals surface area contributed by atoms with Gasteiger partial charge in [-0.25, -0.2) is 9.97 Å². The third-order valence-corrected chi connectivity index (χ3v) is 3.83. The topological polar surface area (TPSA) is 41.1 Å². The molecular weight excluding hydrogens is 232 g/mol. The van der Waals surface area contributed by atoms with Gasteiger partial charge < -0.3 is 10.2 Å². The van der Waals surface area contributed by atoms with Crippen LogP contribution in [0.5, 0.6) is 0 Å². The van der Waals surface area contributed by atoms with Crippen molar-refractivity contribution in [3.63, 3.8) is 0 Å². The van der Waals surface area contributed by atoms with Crippen molar-refractivity contribution >= 4 is 23.4 Å². The van der Waals surface area contributed by atoms with E-state index in [1.165, 1.54) is 17.1 Å². The molecule has 4 nitrogen and oxygen atoms in total. The lowest BCUT2D eigenvalue weighted by Gasteiger charge is -2.29. The van der Waals surface area contributed by atoms with E-state index in [2.05, 4.69) is 34.0 Å². The van der Waals surface area contributed by atoms with E-state index in [9.17, 15) is 0 Å². The van der Waals surface area contributed by atoms with Crippen LogP contribution in [-0.2, 0) is 0 Å². The van der Waals surface area contributed by atoms with E-state index in [1.54, 1.807) is 0 Å². The highest BCUT2D eigenvalue weighted by Gasteiger charge is 2.17. The molecule has 0 saturated carbocycles. The minimum absolute atomic E-state index is 0.847. The number of anilines is 2. The molecule has 5 heteroatoms. The Kier molecular flexibility index (Phi) is 4.10. The Morgan fingerprint density at radius 3 is 2.59 bits per heavy atom. The number of aryl methyl sites for hydroxylation is 1. The molecule has 1 aliphatic rings. The van der Waals surface area contributed by atoms with E-state index in [4.69, 9.17) is 0 Å². The molecule has 2 heterocycles. The van der Waals surface area contributed by atoms with Crippen molar-refractivity contribution in [2.75, 3.05) is 41.4 Å². The third kappa shape index (κ3) is 2.83. The van der Waals surface area contributed by atoms with Gasteiger partial charge in [-0.05, 0) is 20.8 Å². The summed E-state index contributed by atoms with van der Waals surface area (Å²) in [6.07, 6.45) is 0. The summed E-state index contributed by atoms with van der Waals surface area (Å²) in [5, 5.41) is 3.31. The number of hydrogen-bond donors (Lipinski definition) is 1. The molecule has 0 aromatic carbocycles. The van der Waals surface area contributed by atoms with Gasteiger partial charge in [-0.15, -0.1) is 0 Å². The van der Waals surface area contributed by atoms with Gasteiger partial charge >= 0.3 is 0 Å². The number of nitrogens with zero attached hydrogens (tertiary/aromatic N) is 3. The second-order valence-electron chi connectivity index (χ2n) is 4.20. The SMILES string of the molecule is CCNc1nc(C)nc(N2CCSCC2)c1C. The monoisotopic (exact) mass is 252 g/mol. The maximum absolute atomic E-state index is 4.60. The summed E-state index contributed by atoms with van der Waals surface area (Å²) in [5.74, 6) is 5.32. The van der Waals surface area contributed by atoms with E-state index < -0.39 is 0 Å². The smallest absolute Gasteiger partial charge is 0.137 e. The summed E-state index contributed by atoms with van der Waals surface area (Å²) < 4.78 is 0. The minimum Gasteiger partial charge on any atom is -0.370 e. The van der Waals surface area contributed by atoms with E-state index in [-0.39, 0.29) is 0 Å². The first-order valence-corrected chi connectivity index (χ1v) is 7.29. The summed E-state index contributed by atoms with van der Waals surface area (Å²) in [5.41, 5.74) is 1.17. The Morgan fingerprint density at radius 1 is 1.24 bits per heavy atom. The number of hydrogen-bond acceptors (Lipinski definition) is 5. The zero-order chi connectivity index (χ0) is 12.3. The van der Waals surface area contributed by atoms with Gasteiger partial charge in [-0.2, -0.15) is 11.8 Å². The molecule has 1 N–H and O–H groups in total. The highest BCUT2D eigenvalue weighted by atomic mass is 32.2. The molecular formula is C12H20N4S. The lowest BCUT2D eigenvalue weighted by Crippen LogP contribution is -2.34. The van der Waals surface area contributed by atoms with Crippen LogP contribution in [0, 0.1) is 13.8 Å². The molecule has 94 valence electrons. The van der Waals surface area contributed by atoms with Crippen molar-refractivity contribution in [1.29, 1.82) is 0 Å². The molecule has 0 bridgehead atoms. The van der Waals surface area contributed by atoms with E-state index in [0.717, 1.165) is 37.1 Å². The first-order chi connectivity index (χ1) is 8.22. The van der Waals surface area contributed by atoms with Crippen LogP contribution in [0.3, 0.4) is 0 Å². The Labute approximate surface area is 107 Å². The van der Waals surface area contributed by atoms with Gasteiger partial charge in [-0.1, -0.05) is 0 Å². The predicted molar refractivity (Wildman–Crippen MR) is 75.2 cm³/mol. The van der Waals surface area contributed by atoms with Crippen LogP contribution in [-0.4, -0.2) is 41.1 Å². The van der Waals surface area contributed by atoms with Gasteiger partial charge in [0.05, 0.1) is 0 Å². The molecule has 0 unspecified atom stereocenters. The molecule has 1 aromatic heterocycles. The van der Waals surface area contributed by atoms with Gasteiger partial charge in [0.2, 0.25) is 0 Å². The summed E-state index contributed by atoms with van der Waals surface area (Å²) in [6.45, 7) is 9.23. The van der Waals surface area contributed by atoms with Crippen LogP contribution in [0.1, 0.15) is 18.3 Å². The van der Waals surface area contributed by atoms with Crippen molar-refractivity contribution in [3.8, 4) is 0 Å². The fourth-order valence-electron chi connectivity index (χ4n) is 2.04. The van der Waals surface area contributed by atoms with Crippen molar-refractivity contribution in [3.05, 3.63) is 11.4 Å². The quantitative estimate of drug-likeness (QED) is 0.892. The van der Waals surface area contributed by atoms with Crippen molar-refractivity contribution in [2.24, 2.45) is 0 Å². The van der Waals surface area contributed by atoms with Crippen molar-refractivity contribution in [2.45, 2.75) is 20.8 Å². The molecule has 17 heavy (non-hydrogen) atoms. The maximum atomic E-state index is 4.60. The van der Waals surface area contributed by atoms with Gasteiger partial charge in [0.15, 0.2) is 0 Å². The molecule has 0 amide bonds. The van der Waals surface area contributed by atoms with Gasteiger partial charge in [0, 0.05) is 36.7 Å². The summed E-state index contributed by atoms with van der Waals surface area (Å²) in [6, 6.07) is 0. The number of thioether (sulfide) groups is 1. The molecule has 1 fully saturated rings. The summed E-state index contributed by atoms with van der Waals surface area (Å²) >= 11 is 2.02. The molecule has 2 rings (SSSR count). The average molecular weight is 252 g/mol. The Balaban J connectivity index is 2.31. The number of aromatic nitrogens is 2. The minimum atomic E-state index is 0.847. The molecule has 1 aliphatic heterocycles. The molecule has 0 atom stereocenters. The normalized spacial score (nSPS) is 16.1. The van der Waals surface area contributed by atoms with E-state index >= 15 is 0 Å². The lowest BCUT2D eigenvalue weighted by atomic mass is 10.2. The summed E-state index contributed by atoms with van der Waals surface area (Å²) in [4.78, 5) is 11.4. The van der Waals surface area contributed by atoms with Crippen LogP contribution in [0.2, 0.25) is 0 Å². The molecule has 0 spiro atoms. The Morgan fingerprint density at radius 2 is 1.94 bits per heavy atom. The lowest BCUT2D eigenvalue weighted by molar-refractivity contribution is 0.821. The highest BCUT2D eigenvalue weighted by Crippen LogP contribution is 2.25. The number of nitrogens with one attached hydrogen (secondary N) is 1.